The molecule has 0 aliphatic heterocycles. The van der Waals surface area contributed by atoms with E-state index in [2.05, 4.69) is 11.9 Å². The number of nitrogens with zero attached hydrogens (tertiary/aromatic N) is 1. The first-order valence-electron chi connectivity index (χ1n) is 5.90. The summed E-state index contributed by atoms with van der Waals surface area (Å²) in [5.74, 6) is -0.741. The van der Waals surface area contributed by atoms with E-state index in [1.807, 2.05) is 6.92 Å². The Morgan fingerprint density at radius 3 is 2.84 bits per heavy atom. The van der Waals surface area contributed by atoms with Crippen molar-refractivity contribution >= 4 is 5.69 Å². The van der Waals surface area contributed by atoms with E-state index in [1.165, 1.54) is 13.0 Å². The summed E-state index contributed by atoms with van der Waals surface area (Å²) in [6, 6.07) is 2.20. The molecule has 1 aromatic carbocycles. The predicted molar refractivity (Wildman–Crippen MR) is 71.0 cm³/mol. The Morgan fingerprint density at radius 2 is 2.26 bits per heavy atom. The van der Waals surface area contributed by atoms with Gasteiger partial charge < -0.3 is 10.1 Å². The minimum Gasteiger partial charge on any atom is -0.486 e. The fraction of sp³-hybridized carbons (Fsp3) is 0.385. The number of rotatable bonds is 7. The zero-order valence-electron chi connectivity index (χ0n) is 11.0. The zero-order valence-corrected chi connectivity index (χ0v) is 11.0. The predicted octanol–water partition coefficient (Wildman–Crippen LogP) is 2.59. The van der Waals surface area contributed by atoms with E-state index in [1.54, 1.807) is 0 Å². The molecule has 0 fully saturated rings. The fourth-order valence-corrected chi connectivity index (χ4v) is 1.48. The molecule has 1 aromatic rings. The molecule has 0 heterocycles. The van der Waals surface area contributed by atoms with Gasteiger partial charge in [-0.1, -0.05) is 13.5 Å². The average molecular weight is 268 g/mol. The maximum atomic E-state index is 13.6. The van der Waals surface area contributed by atoms with Crippen LogP contribution in [0.15, 0.2) is 24.3 Å². The van der Waals surface area contributed by atoms with Gasteiger partial charge in [-0.15, -0.1) is 0 Å². The smallest absolute Gasteiger partial charge is 0.275 e. The van der Waals surface area contributed by atoms with Crippen molar-refractivity contribution < 1.29 is 14.1 Å². The van der Waals surface area contributed by atoms with Crippen LogP contribution in [0.3, 0.4) is 0 Å². The van der Waals surface area contributed by atoms with Crippen molar-refractivity contribution in [1.82, 2.24) is 5.32 Å². The first-order chi connectivity index (χ1) is 8.95. The summed E-state index contributed by atoms with van der Waals surface area (Å²) in [5.41, 5.74) is 0.882. The highest BCUT2D eigenvalue weighted by atomic mass is 19.1. The molecule has 0 aliphatic carbocycles. The Morgan fingerprint density at radius 1 is 1.58 bits per heavy atom. The molecule has 0 saturated heterocycles. The van der Waals surface area contributed by atoms with E-state index < -0.39 is 10.7 Å². The molecule has 6 heteroatoms. The quantitative estimate of drug-likeness (QED) is 0.469. The summed E-state index contributed by atoms with van der Waals surface area (Å²) in [7, 11) is 0. The van der Waals surface area contributed by atoms with E-state index in [-0.39, 0.29) is 18.0 Å². The molecule has 0 atom stereocenters. The molecule has 0 saturated carbocycles. The van der Waals surface area contributed by atoms with E-state index in [0.29, 0.717) is 12.1 Å². The molecule has 0 spiro atoms. The number of hydrogen-bond donors (Lipinski definition) is 1. The van der Waals surface area contributed by atoms with Gasteiger partial charge in [-0.05, 0) is 25.1 Å². The van der Waals surface area contributed by atoms with Crippen molar-refractivity contribution in [1.29, 1.82) is 0 Å². The summed E-state index contributed by atoms with van der Waals surface area (Å²) >= 11 is 0. The van der Waals surface area contributed by atoms with Crippen LogP contribution in [-0.4, -0.2) is 24.6 Å². The molecule has 5 nitrogen and oxygen atoms in total. The molecule has 104 valence electrons. The number of nitro groups is 1. The number of nitrogens with one attached hydrogen (secondary N) is 1. The lowest BCUT2D eigenvalue weighted by atomic mass is 10.2. The molecule has 1 rings (SSSR count). The summed E-state index contributed by atoms with van der Waals surface area (Å²) < 4.78 is 18.9. The average Bonchev–Trinajstić information content (AvgIpc) is 2.36. The van der Waals surface area contributed by atoms with E-state index in [9.17, 15) is 14.5 Å². The second kappa shape index (κ2) is 6.84. The number of nitro benzene ring substituents is 1. The summed E-state index contributed by atoms with van der Waals surface area (Å²) in [5, 5.41) is 13.7. The maximum Gasteiger partial charge on any atom is 0.275 e. The van der Waals surface area contributed by atoms with Gasteiger partial charge in [-0.2, -0.15) is 0 Å². The normalized spacial score (nSPS) is 10.3. The third-order valence-electron chi connectivity index (χ3n) is 2.50. The number of aryl methyl sites for hydroxylation is 1. The van der Waals surface area contributed by atoms with Gasteiger partial charge in [0.15, 0.2) is 11.6 Å². The Labute approximate surface area is 111 Å². The van der Waals surface area contributed by atoms with Crippen molar-refractivity contribution in [2.24, 2.45) is 0 Å². The summed E-state index contributed by atoms with van der Waals surface area (Å²) in [6.45, 7) is 8.86. The SMILES string of the molecule is C=C(CNCC)COc1cc(C)c([N+](=O)[O-])cc1F. The van der Waals surface area contributed by atoms with Crippen LogP contribution in [0.1, 0.15) is 12.5 Å². The molecular formula is C13H17FN2O3. The molecule has 0 unspecified atom stereocenters. The summed E-state index contributed by atoms with van der Waals surface area (Å²) in [6.07, 6.45) is 0. The highest BCUT2D eigenvalue weighted by molar-refractivity contribution is 5.45. The molecular weight excluding hydrogens is 251 g/mol. The van der Waals surface area contributed by atoms with Crippen LogP contribution < -0.4 is 10.1 Å². The highest BCUT2D eigenvalue weighted by Gasteiger charge is 2.16. The molecule has 1 N–H and O–H groups in total. The van der Waals surface area contributed by atoms with E-state index in [0.717, 1.165) is 18.2 Å². The number of likely N-dealkylation sites (N-methyl/N-ethyl adjacent to an activating group) is 1. The van der Waals surface area contributed by atoms with Crippen LogP contribution in [-0.2, 0) is 0 Å². The third kappa shape index (κ3) is 4.33. The Kier molecular flexibility index (Phi) is 5.44. The lowest BCUT2D eigenvalue weighted by Crippen LogP contribution is -2.19. The van der Waals surface area contributed by atoms with Crippen LogP contribution >= 0.6 is 0 Å². The fourth-order valence-electron chi connectivity index (χ4n) is 1.48. The summed E-state index contributed by atoms with van der Waals surface area (Å²) in [4.78, 5) is 10.0. The van der Waals surface area contributed by atoms with Crippen LogP contribution in [0.5, 0.6) is 5.75 Å². The number of benzene rings is 1. The second-order valence-corrected chi connectivity index (χ2v) is 4.15. The van der Waals surface area contributed by atoms with Crippen molar-refractivity contribution in [3.8, 4) is 5.75 Å². The van der Waals surface area contributed by atoms with Gasteiger partial charge in [0.2, 0.25) is 0 Å². The van der Waals surface area contributed by atoms with Crippen LogP contribution in [0.4, 0.5) is 10.1 Å². The van der Waals surface area contributed by atoms with Crippen molar-refractivity contribution in [2.75, 3.05) is 19.7 Å². The second-order valence-electron chi connectivity index (χ2n) is 4.15. The maximum absolute atomic E-state index is 13.6. The van der Waals surface area contributed by atoms with Gasteiger partial charge in [-0.3, -0.25) is 10.1 Å². The Balaban J connectivity index is 2.72. The Hall–Kier alpha value is -1.95. The van der Waals surface area contributed by atoms with Gasteiger partial charge in [0.1, 0.15) is 6.61 Å². The van der Waals surface area contributed by atoms with Gasteiger partial charge in [0.25, 0.3) is 5.69 Å². The minimum absolute atomic E-state index is 0.000693. The van der Waals surface area contributed by atoms with Gasteiger partial charge >= 0.3 is 0 Å². The van der Waals surface area contributed by atoms with Gasteiger partial charge in [0, 0.05) is 12.1 Å². The number of ether oxygens (including phenoxy) is 1. The van der Waals surface area contributed by atoms with Crippen molar-refractivity contribution in [3.63, 3.8) is 0 Å². The van der Waals surface area contributed by atoms with Crippen molar-refractivity contribution in [2.45, 2.75) is 13.8 Å². The van der Waals surface area contributed by atoms with Crippen molar-refractivity contribution in [3.05, 3.63) is 45.8 Å². The van der Waals surface area contributed by atoms with Crippen LogP contribution in [0, 0.1) is 22.9 Å². The van der Waals surface area contributed by atoms with E-state index in [4.69, 9.17) is 4.74 Å². The largest absolute Gasteiger partial charge is 0.486 e. The molecule has 0 aromatic heterocycles. The number of hydrogen-bond acceptors (Lipinski definition) is 4. The third-order valence-corrected chi connectivity index (χ3v) is 2.50. The highest BCUT2D eigenvalue weighted by Crippen LogP contribution is 2.27. The van der Waals surface area contributed by atoms with Crippen LogP contribution in [0.25, 0.3) is 0 Å². The zero-order chi connectivity index (χ0) is 14.4. The molecule has 0 amide bonds. The van der Waals surface area contributed by atoms with Gasteiger partial charge in [0.05, 0.1) is 11.0 Å². The Bertz CT molecular complexity index is 489. The lowest BCUT2D eigenvalue weighted by Gasteiger charge is -2.10. The lowest BCUT2D eigenvalue weighted by molar-refractivity contribution is -0.385. The first-order valence-corrected chi connectivity index (χ1v) is 5.90. The number of halogens is 1. The van der Waals surface area contributed by atoms with Gasteiger partial charge in [-0.25, -0.2) is 4.39 Å². The standard InChI is InChI=1S/C13H17FN2O3/c1-4-15-7-9(2)8-19-13-5-10(3)12(16(17)18)6-11(13)14/h5-6,15H,2,4,7-8H2,1,3H3. The minimum atomic E-state index is -0.742. The van der Waals surface area contributed by atoms with E-state index >= 15 is 0 Å². The first kappa shape index (κ1) is 15.1. The molecule has 0 aliphatic rings. The molecule has 19 heavy (non-hydrogen) atoms. The molecule has 0 bridgehead atoms. The monoisotopic (exact) mass is 268 g/mol. The van der Waals surface area contributed by atoms with Crippen LogP contribution in [0.2, 0.25) is 0 Å². The topological polar surface area (TPSA) is 64.4 Å². The molecule has 0 radical (unpaired) electrons.